The average molecular weight is 364 g/mol. The Kier molecular flexibility index (Phi) is 4.70. The average Bonchev–Trinajstić information content (AvgIpc) is 3.32. The molecule has 0 atom stereocenters. The molecule has 6 heteroatoms. The summed E-state index contributed by atoms with van der Waals surface area (Å²) in [6, 6.07) is 11.5. The van der Waals surface area contributed by atoms with Gasteiger partial charge in [-0.15, -0.1) is 0 Å². The van der Waals surface area contributed by atoms with E-state index in [1.807, 2.05) is 42.6 Å². The molecule has 1 amide bonds. The van der Waals surface area contributed by atoms with E-state index in [2.05, 4.69) is 10.3 Å². The zero-order valence-corrected chi connectivity index (χ0v) is 15.0. The van der Waals surface area contributed by atoms with E-state index < -0.39 is 0 Å². The smallest absolute Gasteiger partial charge is 0.244 e. The highest BCUT2D eigenvalue weighted by Crippen LogP contribution is 2.32. The van der Waals surface area contributed by atoms with Gasteiger partial charge >= 0.3 is 0 Å². The zero-order chi connectivity index (χ0) is 18.6. The van der Waals surface area contributed by atoms with E-state index in [0.717, 1.165) is 39.9 Å². The molecule has 0 saturated carbocycles. The minimum atomic E-state index is -0.130. The lowest BCUT2D eigenvalue weighted by molar-refractivity contribution is -0.116. The van der Waals surface area contributed by atoms with Gasteiger partial charge in [-0.2, -0.15) is 0 Å². The number of hydrogen-bond acceptors (Lipinski definition) is 4. The zero-order valence-electron chi connectivity index (χ0n) is 15.0. The Morgan fingerprint density at radius 1 is 1.22 bits per heavy atom. The van der Waals surface area contributed by atoms with Crippen molar-refractivity contribution >= 4 is 22.9 Å². The molecule has 0 radical (unpaired) electrons. The third-order valence-corrected chi connectivity index (χ3v) is 4.49. The molecule has 3 aromatic rings. The summed E-state index contributed by atoms with van der Waals surface area (Å²) < 4.78 is 15.8. The van der Waals surface area contributed by atoms with E-state index in [9.17, 15) is 4.79 Å². The monoisotopic (exact) mass is 364 g/mol. The standard InChI is InChI=1S/C21H20N2O4/c1-25-16-4-5-17-15(12-23-18(17)11-16)8-9-22-21(24)7-3-14-2-6-19-20(10-14)27-13-26-19/h2-7,10-12,23H,8-9,13H2,1H3,(H,22,24). The number of carbonyl (C=O) groups is 1. The van der Waals surface area contributed by atoms with E-state index >= 15 is 0 Å². The number of aromatic amines is 1. The second-order valence-electron chi connectivity index (χ2n) is 6.21. The third-order valence-electron chi connectivity index (χ3n) is 4.49. The van der Waals surface area contributed by atoms with Gasteiger partial charge in [0.05, 0.1) is 7.11 Å². The number of methoxy groups -OCH3 is 1. The molecule has 0 saturated heterocycles. The maximum atomic E-state index is 12.0. The lowest BCUT2D eigenvalue weighted by Gasteiger charge is -2.03. The molecule has 0 spiro atoms. The fraction of sp³-hybridized carbons (Fsp3) is 0.190. The first kappa shape index (κ1) is 17.0. The molecule has 27 heavy (non-hydrogen) atoms. The van der Waals surface area contributed by atoms with Crippen molar-refractivity contribution < 1.29 is 19.0 Å². The number of H-pyrrole nitrogens is 1. The van der Waals surface area contributed by atoms with Crippen LogP contribution in [0.2, 0.25) is 0 Å². The molecular weight excluding hydrogens is 344 g/mol. The number of ether oxygens (including phenoxy) is 3. The van der Waals surface area contributed by atoms with Crippen molar-refractivity contribution in [2.45, 2.75) is 6.42 Å². The van der Waals surface area contributed by atoms with Crippen molar-refractivity contribution in [3.8, 4) is 17.2 Å². The number of rotatable bonds is 6. The second-order valence-corrected chi connectivity index (χ2v) is 6.21. The van der Waals surface area contributed by atoms with E-state index in [1.54, 1.807) is 13.2 Å². The van der Waals surface area contributed by atoms with Crippen LogP contribution in [-0.4, -0.2) is 31.3 Å². The summed E-state index contributed by atoms with van der Waals surface area (Å²) in [6.45, 7) is 0.799. The van der Waals surface area contributed by atoms with Crippen LogP contribution in [0, 0.1) is 0 Å². The van der Waals surface area contributed by atoms with Crippen LogP contribution < -0.4 is 19.5 Å². The number of hydrogen-bond donors (Lipinski definition) is 2. The molecule has 2 aromatic carbocycles. The van der Waals surface area contributed by atoms with Gasteiger partial charge in [-0.3, -0.25) is 4.79 Å². The minimum Gasteiger partial charge on any atom is -0.497 e. The molecule has 138 valence electrons. The van der Waals surface area contributed by atoms with Gasteiger partial charge in [0.2, 0.25) is 12.7 Å². The summed E-state index contributed by atoms with van der Waals surface area (Å²) in [6.07, 6.45) is 6.00. The third kappa shape index (κ3) is 3.74. The Bertz CT molecular complexity index is 1010. The predicted octanol–water partition coefficient (Wildman–Crippen LogP) is 3.28. The highest BCUT2D eigenvalue weighted by molar-refractivity contribution is 5.92. The van der Waals surface area contributed by atoms with Crippen LogP contribution >= 0.6 is 0 Å². The molecule has 1 aliphatic heterocycles. The maximum absolute atomic E-state index is 12.0. The number of aromatic nitrogens is 1. The van der Waals surface area contributed by atoms with Crippen LogP contribution in [0.5, 0.6) is 17.2 Å². The van der Waals surface area contributed by atoms with E-state index in [4.69, 9.17) is 14.2 Å². The van der Waals surface area contributed by atoms with Crippen molar-refractivity contribution in [1.82, 2.24) is 10.3 Å². The Hall–Kier alpha value is -3.41. The fourth-order valence-electron chi connectivity index (χ4n) is 3.07. The van der Waals surface area contributed by atoms with Crippen molar-refractivity contribution in [3.63, 3.8) is 0 Å². The molecule has 1 aromatic heterocycles. The van der Waals surface area contributed by atoms with Crippen molar-refractivity contribution in [2.24, 2.45) is 0 Å². The molecule has 0 unspecified atom stereocenters. The predicted molar refractivity (Wildman–Crippen MR) is 103 cm³/mol. The van der Waals surface area contributed by atoms with Crippen LogP contribution in [0.15, 0.2) is 48.7 Å². The van der Waals surface area contributed by atoms with E-state index in [-0.39, 0.29) is 12.7 Å². The molecule has 2 N–H and O–H groups in total. The lowest BCUT2D eigenvalue weighted by Crippen LogP contribution is -2.23. The van der Waals surface area contributed by atoms with Crippen molar-refractivity contribution in [1.29, 1.82) is 0 Å². The maximum Gasteiger partial charge on any atom is 0.244 e. The highest BCUT2D eigenvalue weighted by Gasteiger charge is 2.12. The number of benzene rings is 2. The van der Waals surface area contributed by atoms with E-state index in [0.29, 0.717) is 12.3 Å². The molecular formula is C21H20N2O4. The first-order valence-electron chi connectivity index (χ1n) is 8.72. The Labute approximate surface area is 156 Å². The lowest BCUT2D eigenvalue weighted by atomic mass is 10.1. The molecule has 4 rings (SSSR count). The Balaban J connectivity index is 1.32. The highest BCUT2D eigenvalue weighted by atomic mass is 16.7. The van der Waals surface area contributed by atoms with E-state index in [1.165, 1.54) is 6.08 Å². The van der Waals surface area contributed by atoms with Gasteiger partial charge in [-0.1, -0.05) is 6.07 Å². The summed E-state index contributed by atoms with van der Waals surface area (Å²) >= 11 is 0. The van der Waals surface area contributed by atoms with Gasteiger partial charge in [0.25, 0.3) is 0 Å². The molecule has 1 aliphatic rings. The Morgan fingerprint density at radius 2 is 2.11 bits per heavy atom. The van der Waals surface area contributed by atoms with Gasteiger partial charge < -0.3 is 24.5 Å². The summed E-state index contributed by atoms with van der Waals surface area (Å²) in [5, 5.41) is 4.05. The minimum absolute atomic E-state index is 0.130. The van der Waals surface area contributed by atoms with Crippen LogP contribution in [0.3, 0.4) is 0 Å². The topological polar surface area (TPSA) is 72.6 Å². The van der Waals surface area contributed by atoms with Crippen LogP contribution in [0.1, 0.15) is 11.1 Å². The van der Waals surface area contributed by atoms with Gasteiger partial charge in [-0.05, 0) is 47.9 Å². The number of amides is 1. The first-order chi connectivity index (χ1) is 13.2. The number of fused-ring (bicyclic) bond motifs is 2. The molecule has 0 bridgehead atoms. The van der Waals surface area contributed by atoms with Gasteiger partial charge in [-0.25, -0.2) is 0 Å². The van der Waals surface area contributed by atoms with Crippen LogP contribution in [0.4, 0.5) is 0 Å². The quantitative estimate of drug-likeness (QED) is 0.659. The Morgan fingerprint density at radius 3 is 3.00 bits per heavy atom. The summed E-state index contributed by atoms with van der Waals surface area (Å²) in [7, 11) is 1.65. The first-order valence-corrected chi connectivity index (χ1v) is 8.72. The normalized spacial score (nSPS) is 12.6. The molecule has 0 fully saturated rings. The largest absolute Gasteiger partial charge is 0.497 e. The fourth-order valence-corrected chi connectivity index (χ4v) is 3.07. The van der Waals surface area contributed by atoms with Crippen molar-refractivity contribution in [3.05, 3.63) is 59.8 Å². The van der Waals surface area contributed by atoms with Crippen LogP contribution in [0.25, 0.3) is 17.0 Å². The molecule has 2 heterocycles. The summed E-state index contributed by atoms with van der Waals surface area (Å²) in [5.41, 5.74) is 3.08. The SMILES string of the molecule is COc1ccc2c(CCNC(=O)C=Cc3ccc4c(c3)OCO4)c[nH]c2c1. The molecule has 0 aliphatic carbocycles. The second kappa shape index (κ2) is 7.45. The van der Waals surface area contributed by atoms with Gasteiger partial charge in [0.15, 0.2) is 11.5 Å². The van der Waals surface area contributed by atoms with Gasteiger partial charge in [0.1, 0.15) is 5.75 Å². The summed E-state index contributed by atoms with van der Waals surface area (Å²) in [4.78, 5) is 15.3. The van der Waals surface area contributed by atoms with Gasteiger partial charge in [0, 0.05) is 35.8 Å². The van der Waals surface area contributed by atoms with Crippen LogP contribution in [-0.2, 0) is 11.2 Å². The number of nitrogens with one attached hydrogen (secondary N) is 2. The number of carbonyl (C=O) groups excluding carboxylic acids is 1. The van der Waals surface area contributed by atoms with Crippen molar-refractivity contribution in [2.75, 3.05) is 20.4 Å². The summed E-state index contributed by atoms with van der Waals surface area (Å²) in [5.74, 6) is 2.12. The molecule has 6 nitrogen and oxygen atoms in total.